The first kappa shape index (κ1) is 15.2. The fourth-order valence-electron chi connectivity index (χ4n) is 2.33. The number of rotatable bonds is 1. The van der Waals surface area contributed by atoms with Crippen molar-refractivity contribution in [2.45, 2.75) is 6.18 Å². The van der Waals surface area contributed by atoms with E-state index in [-0.39, 0.29) is 22.4 Å². The van der Waals surface area contributed by atoms with Crippen molar-refractivity contribution in [1.82, 2.24) is 0 Å². The van der Waals surface area contributed by atoms with Crippen LogP contribution in [0, 0.1) is 11.6 Å². The van der Waals surface area contributed by atoms with Crippen molar-refractivity contribution in [3.8, 4) is 0 Å². The fraction of sp³-hybridized carbons (Fsp3) is 0.0625. The Hall–Kier alpha value is -2.70. The lowest BCUT2D eigenvalue weighted by molar-refractivity contribution is -0.137. The van der Waals surface area contributed by atoms with E-state index < -0.39 is 29.3 Å². The number of fused-ring (bicyclic) bond motifs is 1. The minimum absolute atomic E-state index is 0.0569. The van der Waals surface area contributed by atoms with Gasteiger partial charge in [-0.1, -0.05) is 12.1 Å². The normalized spacial score (nSPS) is 15.7. The highest BCUT2D eigenvalue weighted by atomic mass is 19.4. The van der Waals surface area contributed by atoms with E-state index in [1.807, 2.05) is 0 Å². The smallest absolute Gasteiger partial charge is 0.321 e. The molecule has 0 aromatic heterocycles. The number of nitrogens with one attached hydrogen (secondary N) is 1. The predicted octanol–water partition coefficient (Wildman–Crippen LogP) is 4.48. The van der Waals surface area contributed by atoms with Crippen LogP contribution in [0.5, 0.6) is 0 Å². The van der Waals surface area contributed by atoms with Gasteiger partial charge in [0.1, 0.15) is 0 Å². The molecule has 2 aromatic carbocycles. The lowest BCUT2D eigenvalue weighted by Gasteiger charge is -2.07. The molecule has 23 heavy (non-hydrogen) atoms. The third-order valence-corrected chi connectivity index (χ3v) is 3.38. The van der Waals surface area contributed by atoms with Crippen LogP contribution in [0.2, 0.25) is 0 Å². The molecule has 3 rings (SSSR count). The number of halogens is 5. The van der Waals surface area contributed by atoms with Crippen molar-refractivity contribution in [2.24, 2.45) is 0 Å². The van der Waals surface area contributed by atoms with Gasteiger partial charge in [-0.2, -0.15) is 13.2 Å². The summed E-state index contributed by atoms with van der Waals surface area (Å²) < 4.78 is 65.4. The van der Waals surface area contributed by atoms with Crippen LogP contribution in [0.3, 0.4) is 0 Å². The molecule has 1 aliphatic rings. The van der Waals surface area contributed by atoms with E-state index in [0.29, 0.717) is 0 Å². The zero-order chi connectivity index (χ0) is 16.8. The van der Waals surface area contributed by atoms with Crippen LogP contribution < -0.4 is 5.32 Å². The summed E-state index contributed by atoms with van der Waals surface area (Å²) in [7, 11) is 0. The molecule has 0 aliphatic carbocycles. The Kier molecular flexibility index (Phi) is 3.43. The molecule has 0 saturated heterocycles. The van der Waals surface area contributed by atoms with E-state index in [4.69, 9.17) is 0 Å². The second-order valence-electron chi connectivity index (χ2n) is 4.92. The van der Waals surface area contributed by atoms with Crippen molar-refractivity contribution in [2.75, 3.05) is 5.32 Å². The van der Waals surface area contributed by atoms with Gasteiger partial charge in [0, 0.05) is 5.56 Å². The minimum atomic E-state index is -4.54. The zero-order valence-electron chi connectivity index (χ0n) is 11.3. The first-order valence-electron chi connectivity index (χ1n) is 6.46. The molecule has 1 heterocycles. The van der Waals surface area contributed by atoms with E-state index in [0.717, 1.165) is 24.3 Å². The SMILES string of the molecule is O=C1Nc2ccc(F)c(F)c2/C1=C/c1cccc(C(F)(F)F)c1. The van der Waals surface area contributed by atoms with Gasteiger partial charge in [0.2, 0.25) is 0 Å². The van der Waals surface area contributed by atoms with E-state index in [1.165, 1.54) is 18.2 Å². The number of benzene rings is 2. The Morgan fingerprint density at radius 2 is 1.78 bits per heavy atom. The lowest BCUT2D eigenvalue weighted by Crippen LogP contribution is -2.05. The number of alkyl halides is 3. The topological polar surface area (TPSA) is 29.1 Å². The molecule has 0 bridgehead atoms. The summed E-state index contributed by atoms with van der Waals surface area (Å²) in [6.07, 6.45) is -3.44. The zero-order valence-corrected chi connectivity index (χ0v) is 11.3. The maximum Gasteiger partial charge on any atom is 0.416 e. The van der Waals surface area contributed by atoms with E-state index in [1.54, 1.807) is 0 Å². The van der Waals surface area contributed by atoms with Crippen molar-refractivity contribution >= 4 is 23.2 Å². The molecule has 1 aliphatic heterocycles. The van der Waals surface area contributed by atoms with Crippen molar-refractivity contribution in [3.63, 3.8) is 0 Å². The number of anilines is 1. The van der Waals surface area contributed by atoms with E-state index >= 15 is 0 Å². The number of carbonyl (C=O) groups excluding carboxylic acids is 1. The van der Waals surface area contributed by atoms with Gasteiger partial charge < -0.3 is 5.32 Å². The molecule has 0 fully saturated rings. The first-order valence-corrected chi connectivity index (χ1v) is 6.46. The second kappa shape index (κ2) is 5.19. The van der Waals surface area contributed by atoms with Gasteiger partial charge in [0.15, 0.2) is 11.6 Å². The van der Waals surface area contributed by atoms with Crippen molar-refractivity contribution in [1.29, 1.82) is 0 Å². The summed E-state index contributed by atoms with van der Waals surface area (Å²) in [5.74, 6) is -3.07. The quantitative estimate of drug-likeness (QED) is 0.608. The summed E-state index contributed by atoms with van der Waals surface area (Å²) in [4.78, 5) is 11.9. The maximum absolute atomic E-state index is 13.9. The molecule has 2 aromatic rings. The van der Waals surface area contributed by atoms with Crippen LogP contribution >= 0.6 is 0 Å². The number of carbonyl (C=O) groups is 1. The molecule has 0 radical (unpaired) electrons. The molecule has 118 valence electrons. The summed E-state index contributed by atoms with van der Waals surface area (Å²) in [5, 5.41) is 2.34. The summed E-state index contributed by atoms with van der Waals surface area (Å²) in [6.45, 7) is 0. The molecule has 1 amide bonds. The third kappa shape index (κ3) is 2.69. The van der Waals surface area contributed by atoms with Gasteiger partial charge in [-0.15, -0.1) is 0 Å². The highest BCUT2D eigenvalue weighted by Gasteiger charge is 2.31. The number of hydrogen-bond acceptors (Lipinski definition) is 1. The molecule has 0 unspecified atom stereocenters. The molecular formula is C16H8F5NO. The first-order chi connectivity index (χ1) is 10.8. The Morgan fingerprint density at radius 3 is 2.48 bits per heavy atom. The highest BCUT2D eigenvalue weighted by Crippen LogP contribution is 2.37. The van der Waals surface area contributed by atoms with Gasteiger partial charge in [-0.25, -0.2) is 8.78 Å². The van der Waals surface area contributed by atoms with Gasteiger partial charge in [0.05, 0.1) is 16.8 Å². The second-order valence-corrected chi connectivity index (χ2v) is 4.92. The van der Waals surface area contributed by atoms with Crippen LogP contribution in [0.15, 0.2) is 36.4 Å². The van der Waals surface area contributed by atoms with E-state index in [2.05, 4.69) is 5.32 Å². The molecule has 0 atom stereocenters. The summed E-state index contributed by atoms with van der Waals surface area (Å²) in [6, 6.07) is 6.27. The van der Waals surface area contributed by atoms with Crippen molar-refractivity contribution in [3.05, 3.63) is 64.7 Å². The standard InChI is InChI=1S/C16H8F5NO/c17-11-4-5-12-13(14(11)18)10(15(23)22-12)7-8-2-1-3-9(6-8)16(19,20)21/h1-7H,(H,22,23)/b10-7-. The van der Waals surface area contributed by atoms with Gasteiger partial charge in [-0.3, -0.25) is 4.79 Å². The van der Waals surface area contributed by atoms with Gasteiger partial charge in [0.25, 0.3) is 5.91 Å². The van der Waals surface area contributed by atoms with Crippen LogP contribution in [0.1, 0.15) is 16.7 Å². The number of hydrogen-bond donors (Lipinski definition) is 1. The Morgan fingerprint density at radius 1 is 1.04 bits per heavy atom. The lowest BCUT2D eigenvalue weighted by atomic mass is 10.0. The van der Waals surface area contributed by atoms with Crippen LogP contribution in [-0.4, -0.2) is 5.91 Å². The average molecular weight is 325 g/mol. The molecule has 7 heteroatoms. The molecule has 2 nitrogen and oxygen atoms in total. The summed E-state index contributed by atoms with van der Waals surface area (Å²) >= 11 is 0. The minimum Gasteiger partial charge on any atom is -0.321 e. The van der Waals surface area contributed by atoms with Gasteiger partial charge in [-0.05, 0) is 35.9 Å². The molecular weight excluding hydrogens is 317 g/mol. The van der Waals surface area contributed by atoms with Crippen LogP contribution in [0.25, 0.3) is 11.6 Å². The third-order valence-electron chi connectivity index (χ3n) is 3.38. The monoisotopic (exact) mass is 325 g/mol. The predicted molar refractivity (Wildman–Crippen MR) is 74.3 cm³/mol. The average Bonchev–Trinajstić information content (AvgIpc) is 2.79. The fourth-order valence-corrected chi connectivity index (χ4v) is 2.33. The van der Waals surface area contributed by atoms with Crippen LogP contribution in [0.4, 0.5) is 27.6 Å². The maximum atomic E-state index is 13.9. The van der Waals surface area contributed by atoms with Crippen molar-refractivity contribution < 1.29 is 26.7 Å². The number of amides is 1. The van der Waals surface area contributed by atoms with Crippen LogP contribution in [-0.2, 0) is 11.0 Å². The van der Waals surface area contributed by atoms with Gasteiger partial charge >= 0.3 is 6.18 Å². The molecule has 0 spiro atoms. The highest BCUT2D eigenvalue weighted by molar-refractivity contribution is 6.35. The largest absolute Gasteiger partial charge is 0.416 e. The Labute approximate surface area is 127 Å². The Bertz CT molecular complexity index is 839. The molecule has 1 N–H and O–H groups in total. The van der Waals surface area contributed by atoms with E-state index in [9.17, 15) is 26.7 Å². The molecule has 0 saturated carbocycles. The summed E-state index contributed by atoms with van der Waals surface area (Å²) in [5.41, 5.74) is -1.28. The Balaban J connectivity index is 2.12.